The number of hydrogen-bond acceptors (Lipinski definition) is 2. The van der Waals surface area contributed by atoms with Crippen LogP contribution in [0.3, 0.4) is 0 Å². The van der Waals surface area contributed by atoms with Crippen LogP contribution in [0.5, 0.6) is 0 Å². The zero-order chi connectivity index (χ0) is 12.4. The number of nitrogens with one attached hydrogen (secondary N) is 1. The van der Waals surface area contributed by atoms with Gasteiger partial charge >= 0.3 is 0 Å². The molecule has 2 rings (SSSR count). The second-order valence-electron chi connectivity index (χ2n) is 4.62. The molecular weight excluding hydrogens is 210 g/mol. The van der Waals surface area contributed by atoms with Crippen molar-refractivity contribution in [2.45, 2.75) is 27.3 Å². The number of aromatic nitrogens is 2. The Kier molecular flexibility index (Phi) is 3.18. The van der Waals surface area contributed by atoms with E-state index in [1.807, 2.05) is 19.4 Å². The lowest BCUT2D eigenvalue weighted by atomic mass is 10.0. The summed E-state index contributed by atoms with van der Waals surface area (Å²) in [5, 5.41) is 7.52. The van der Waals surface area contributed by atoms with Gasteiger partial charge in [0.05, 0.1) is 11.9 Å². The van der Waals surface area contributed by atoms with Crippen LogP contribution in [0.4, 0.5) is 5.69 Å². The Labute approximate surface area is 102 Å². The molecule has 1 N–H and O–H groups in total. The van der Waals surface area contributed by atoms with Gasteiger partial charge in [0.2, 0.25) is 0 Å². The van der Waals surface area contributed by atoms with E-state index in [0.717, 1.165) is 12.2 Å². The molecule has 1 aromatic carbocycles. The van der Waals surface area contributed by atoms with Crippen LogP contribution in [0.15, 0.2) is 24.5 Å². The molecule has 0 unspecified atom stereocenters. The van der Waals surface area contributed by atoms with Gasteiger partial charge in [-0.05, 0) is 43.0 Å². The molecule has 2 aromatic rings. The fraction of sp³-hybridized carbons (Fsp3) is 0.357. The van der Waals surface area contributed by atoms with Crippen molar-refractivity contribution in [3.05, 3.63) is 46.8 Å². The van der Waals surface area contributed by atoms with Crippen LogP contribution in [0, 0.1) is 20.8 Å². The minimum atomic E-state index is 0.846. The zero-order valence-electron chi connectivity index (χ0n) is 10.9. The molecule has 1 heterocycles. The van der Waals surface area contributed by atoms with Crippen molar-refractivity contribution in [3.63, 3.8) is 0 Å². The smallest absolute Gasteiger partial charge is 0.0729 e. The number of hydrogen-bond donors (Lipinski definition) is 1. The van der Waals surface area contributed by atoms with Crippen LogP contribution >= 0.6 is 0 Å². The topological polar surface area (TPSA) is 29.9 Å². The summed E-state index contributed by atoms with van der Waals surface area (Å²) in [5.74, 6) is 0. The molecule has 0 fully saturated rings. The van der Waals surface area contributed by atoms with E-state index in [1.165, 1.54) is 22.3 Å². The van der Waals surface area contributed by atoms with Gasteiger partial charge in [-0.15, -0.1) is 0 Å². The van der Waals surface area contributed by atoms with Crippen LogP contribution in [-0.4, -0.2) is 9.78 Å². The van der Waals surface area contributed by atoms with Gasteiger partial charge in [-0.2, -0.15) is 5.10 Å². The van der Waals surface area contributed by atoms with Crippen molar-refractivity contribution in [1.29, 1.82) is 0 Å². The third kappa shape index (κ3) is 2.67. The second kappa shape index (κ2) is 4.62. The van der Waals surface area contributed by atoms with Crippen LogP contribution in [0.25, 0.3) is 0 Å². The summed E-state index contributed by atoms with van der Waals surface area (Å²) in [6.45, 7) is 7.31. The van der Waals surface area contributed by atoms with Crippen molar-refractivity contribution in [2.75, 3.05) is 5.32 Å². The van der Waals surface area contributed by atoms with Crippen LogP contribution in [-0.2, 0) is 13.6 Å². The highest BCUT2D eigenvalue weighted by Crippen LogP contribution is 2.16. The normalized spacial score (nSPS) is 10.6. The molecule has 0 aliphatic heterocycles. The first-order valence-electron chi connectivity index (χ1n) is 5.85. The molecule has 17 heavy (non-hydrogen) atoms. The summed E-state index contributed by atoms with van der Waals surface area (Å²) < 4.78 is 1.80. The van der Waals surface area contributed by atoms with E-state index in [0.29, 0.717) is 0 Å². The van der Waals surface area contributed by atoms with Gasteiger partial charge in [-0.25, -0.2) is 0 Å². The van der Waals surface area contributed by atoms with Gasteiger partial charge in [0.1, 0.15) is 0 Å². The Hall–Kier alpha value is -1.77. The van der Waals surface area contributed by atoms with Gasteiger partial charge in [0.25, 0.3) is 0 Å². The van der Waals surface area contributed by atoms with Crippen molar-refractivity contribution in [1.82, 2.24) is 9.78 Å². The highest BCUT2D eigenvalue weighted by atomic mass is 15.3. The van der Waals surface area contributed by atoms with Crippen LogP contribution in [0.1, 0.15) is 22.3 Å². The first-order chi connectivity index (χ1) is 8.06. The number of aryl methyl sites for hydroxylation is 4. The molecule has 0 saturated heterocycles. The van der Waals surface area contributed by atoms with E-state index in [2.05, 4.69) is 43.3 Å². The Morgan fingerprint density at radius 2 is 1.82 bits per heavy atom. The molecule has 0 amide bonds. The van der Waals surface area contributed by atoms with E-state index in [9.17, 15) is 0 Å². The molecule has 0 aliphatic rings. The average Bonchev–Trinajstić information content (AvgIpc) is 2.68. The van der Waals surface area contributed by atoms with E-state index in [4.69, 9.17) is 0 Å². The largest absolute Gasteiger partial charge is 0.378 e. The Morgan fingerprint density at radius 1 is 1.12 bits per heavy atom. The third-order valence-electron chi connectivity index (χ3n) is 3.14. The molecule has 0 aliphatic carbocycles. The fourth-order valence-corrected chi connectivity index (χ4v) is 1.92. The number of anilines is 1. The van der Waals surface area contributed by atoms with Gasteiger partial charge < -0.3 is 5.32 Å². The lowest BCUT2D eigenvalue weighted by Gasteiger charge is -2.10. The number of rotatable bonds is 3. The monoisotopic (exact) mass is 229 g/mol. The average molecular weight is 229 g/mol. The first kappa shape index (κ1) is 11.7. The van der Waals surface area contributed by atoms with Crippen LogP contribution in [0.2, 0.25) is 0 Å². The fourth-order valence-electron chi connectivity index (χ4n) is 1.92. The van der Waals surface area contributed by atoms with E-state index < -0.39 is 0 Å². The zero-order valence-corrected chi connectivity index (χ0v) is 10.9. The van der Waals surface area contributed by atoms with Gasteiger partial charge in [-0.1, -0.05) is 12.1 Å². The molecule has 0 bridgehead atoms. The maximum Gasteiger partial charge on any atom is 0.0729 e. The summed E-state index contributed by atoms with van der Waals surface area (Å²) >= 11 is 0. The summed E-state index contributed by atoms with van der Waals surface area (Å²) in [7, 11) is 1.92. The SMILES string of the molecule is Cc1cc(C)c(CNc2cnn(C)c2)cc1C. The molecule has 90 valence electrons. The van der Waals surface area contributed by atoms with Crippen LogP contribution < -0.4 is 5.32 Å². The summed E-state index contributed by atoms with van der Waals surface area (Å²) in [6.07, 6.45) is 3.83. The summed E-state index contributed by atoms with van der Waals surface area (Å²) in [5.41, 5.74) is 6.44. The van der Waals surface area contributed by atoms with Gasteiger partial charge in [-0.3, -0.25) is 4.68 Å². The van der Waals surface area contributed by atoms with Gasteiger partial charge in [0.15, 0.2) is 0 Å². The predicted octanol–water partition coefficient (Wildman–Crippen LogP) is 2.96. The summed E-state index contributed by atoms with van der Waals surface area (Å²) in [4.78, 5) is 0. The van der Waals surface area contributed by atoms with Crippen molar-refractivity contribution < 1.29 is 0 Å². The molecular formula is C14H19N3. The van der Waals surface area contributed by atoms with E-state index in [1.54, 1.807) is 4.68 Å². The predicted molar refractivity (Wildman–Crippen MR) is 71.2 cm³/mol. The third-order valence-corrected chi connectivity index (χ3v) is 3.14. The number of benzene rings is 1. The molecule has 0 atom stereocenters. The molecule has 0 radical (unpaired) electrons. The van der Waals surface area contributed by atoms with Crippen molar-refractivity contribution in [2.24, 2.45) is 7.05 Å². The second-order valence-corrected chi connectivity index (χ2v) is 4.62. The molecule has 0 spiro atoms. The number of nitrogens with zero attached hydrogens (tertiary/aromatic N) is 2. The van der Waals surface area contributed by atoms with E-state index >= 15 is 0 Å². The van der Waals surface area contributed by atoms with E-state index in [-0.39, 0.29) is 0 Å². The molecule has 0 saturated carbocycles. The minimum Gasteiger partial charge on any atom is -0.378 e. The quantitative estimate of drug-likeness (QED) is 0.877. The highest BCUT2D eigenvalue weighted by Gasteiger charge is 2.02. The first-order valence-corrected chi connectivity index (χ1v) is 5.85. The Bertz CT molecular complexity index is 526. The summed E-state index contributed by atoms with van der Waals surface area (Å²) in [6, 6.07) is 4.50. The van der Waals surface area contributed by atoms with Gasteiger partial charge in [0, 0.05) is 19.8 Å². The maximum atomic E-state index is 4.14. The Morgan fingerprint density at radius 3 is 2.47 bits per heavy atom. The maximum absolute atomic E-state index is 4.14. The van der Waals surface area contributed by atoms with Crippen molar-refractivity contribution in [3.8, 4) is 0 Å². The standard InChI is InChI=1S/C14H19N3/c1-10-5-12(3)13(6-11(10)2)7-15-14-8-16-17(4)9-14/h5-6,8-9,15H,7H2,1-4H3. The molecule has 3 nitrogen and oxygen atoms in total. The highest BCUT2D eigenvalue weighted by molar-refractivity contribution is 5.42. The minimum absolute atomic E-state index is 0.846. The molecule has 3 heteroatoms. The van der Waals surface area contributed by atoms with Crippen molar-refractivity contribution >= 4 is 5.69 Å². The lowest BCUT2D eigenvalue weighted by Crippen LogP contribution is -2.02. The Balaban J connectivity index is 2.11. The lowest BCUT2D eigenvalue weighted by molar-refractivity contribution is 0.768. The molecule has 1 aromatic heterocycles.